The molecule has 0 aliphatic heterocycles. The second kappa shape index (κ2) is 5.82. The number of aromatic nitrogens is 2. The van der Waals surface area contributed by atoms with Crippen LogP contribution >= 0.6 is 11.6 Å². The highest BCUT2D eigenvalue weighted by Crippen LogP contribution is 2.22. The fourth-order valence-corrected chi connectivity index (χ4v) is 1.72. The van der Waals surface area contributed by atoms with Gasteiger partial charge >= 0.3 is 0 Å². The van der Waals surface area contributed by atoms with Crippen LogP contribution in [-0.4, -0.2) is 29.5 Å². The molecule has 94 valence electrons. The molecule has 0 aliphatic carbocycles. The number of halogens is 1. The molecule has 2 N–H and O–H groups in total. The van der Waals surface area contributed by atoms with Gasteiger partial charge in [0.1, 0.15) is 16.8 Å². The minimum Gasteiger partial charge on any atom is -0.368 e. The number of hydrogen-bond acceptors (Lipinski definition) is 4. The van der Waals surface area contributed by atoms with Gasteiger partial charge in [0.05, 0.1) is 6.54 Å². The van der Waals surface area contributed by atoms with Crippen LogP contribution in [0.2, 0.25) is 5.15 Å². The first-order valence-corrected chi connectivity index (χ1v) is 5.86. The highest BCUT2D eigenvalue weighted by Gasteiger charge is 2.14. The zero-order valence-electron chi connectivity index (χ0n) is 10.3. The fourth-order valence-electron chi connectivity index (χ4n) is 1.54. The molecule has 1 aromatic heterocycles. The smallest absolute Gasteiger partial charge is 0.236 e. The number of primary amides is 1. The minimum atomic E-state index is -0.404. The second-order valence-corrected chi connectivity index (χ2v) is 4.31. The van der Waals surface area contributed by atoms with Crippen molar-refractivity contribution in [1.29, 1.82) is 0 Å². The Bertz CT molecular complexity index is 422. The molecular formula is C11H17ClN4O. The maximum Gasteiger partial charge on any atom is 0.236 e. The molecule has 0 radical (unpaired) electrons. The number of rotatable bonds is 5. The molecule has 1 aromatic rings. The molecule has 5 nitrogen and oxygen atoms in total. The van der Waals surface area contributed by atoms with Gasteiger partial charge in [-0.1, -0.05) is 18.5 Å². The van der Waals surface area contributed by atoms with Crippen LogP contribution in [0.1, 0.15) is 24.7 Å². The molecule has 1 amide bonds. The quantitative estimate of drug-likeness (QED) is 0.807. The van der Waals surface area contributed by atoms with Gasteiger partial charge in [-0.3, -0.25) is 4.79 Å². The summed E-state index contributed by atoms with van der Waals surface area (Å²) in [6, 6.07) is 0. The van der Waals surface area contributed by atoms with Crippen LogP contribution in [0.4, 0.5) is 5.82 Å². The third kappa shape index (κ3) is 3.56. The van der Waals surface area contributed by atoms with Crippen LogP contribution < -0.4 is 10.6 Å². The van der Waals surface area contributed by atoms with Gasteiger partial charge in [-0.05, 0) is 13.3 Å². The first kappa shape index (κ1) is 13.7. The van der Waals surface area contributed by atoms with Gasteiger partial charge in [-0.2, -0.15) is 0 Å². The lowest BCUT2D eigenvalue weighted by Gasteiger charge is -2.19. The number of anilines is 1. The monoisotopic (exact) mass is 256 g/mol. The molecule has 0 bridgehead atoms. The van der Waals surface area contributed by atoms with Crippen LogP contribution in [0, 0.1) is 6.92 Å². The van der Waals surface area contributed by atoms with E-state index in [0.29, 0.717) is 16.8 Å². The normalized spacial score (nSPS) is 10.4. The SMILES string of the molecule is CCCc1nc(Cl)c(C)c(N(C)CC(N)=O)n1. The predicted octanol–water partition coefficient (Wildman–Crippen LogP) is 1.31. The zero-order chi connectivity index (χ0) is 13.0. The molecule has 17 heavy (non-hydrogen) atoms. The van der Waals surface area contributed by atoms with Crippen LogP contribution in [0.25, 0.3) is 0 Å². The van der Waals surface area contributed by atoms with E-state index < -0.39 is 5.91 Å². The van der Waals surface area contributed by atoms with E-state index in [-0.39, 0.29) is 6.54 Å². The van der Waals surface area contributed by atoms with E-state index in [4.69, 9.17) is 17.3 Å². The van der Waals surface area contributed by atoms with E-state index in [1.54, 1.807) is 11.9 Å². The van der Waals surface area contributed by atoms with E-state index in [1.807, 2.05) is 13.8 Å². The topological polar surface area (TPSA) is 72.1 Å². The first-order valence-electron chi connectivity index (χ1n) is 5.48. The van der Waals surface area contributed by atoms with Crippen molar-refractivity contribution in [3.8, 4) is 0 Å². The minimum absolute atomic E-state index is 0.111. The number of amides is 1. The fraction of sp³-hybridized carbons (Fsp3) is 0.545. The number of aryl methyl sites for hydroxylation is 1. The number of nitrogens with two attached hydrogens (primary N) is 1. The van der Waals surface area contributed by atoms with Crippen molar-refractivity contribution in [2.75, 3.05) is 18.5 Å². The summed E-state index contributed by atoms with van der Waals surface area (Å²) in [6.07, 6.45) is 1.70. The molecule has 0 saturated heterocycles. The lowest BCUT2D eigenvalue weighted by Crippen LogP contribution is -2.31. The Kier molecular flexibility index (Phi) is 4.69. The summed E-state index contributed by atoms with van der Waals surface area (Å²) in [6.45, 7) is 3.98. The van der Waals surface area contributed by atoms with Crippen LogP contribution in [0.15, 0.2) is 0 Å². The Balaban J connectivity index is 3.08. The van der Waals surface area contributed by atoms with E-state index in [2.05, 4.69) is 9.97 Å². The molecular weight excluding hydrogens is 240 g/mol. The third-order valence-electron chi connectivity index (χ3n) is 2.34. The number of hydrogen-bond donors (Lipinski definition) is 1. The maximum atomic E-state index is 10.9. The van der Waals surface area contributed by atoms with Gasteiger partial charge in [0, 0.05) is 19.0 Å². The lowest BCUT2D eigenvalue weighted by atomic mass is 10.3. The van der Waals surface area contributed by atoms with Gasteiger partial charge in [-0.15, -0.1) is 0 Å². The van der Waals surface area contributed by atoms with E-state index in [0.717, 1.165) is 18.4 Å². The number of carbonyl (C=O) groups is 1. The summed E-state index contributed by atoms with van der Waals surface area (Å²) in [7, 11) is 1.76. The largest absolute Gasteiger partial charge is 0.368 e. The summed E-state index contributed by atoms with van der Waals surface area (Å²) in [5.74, 6) is 0.945. The Morgan fingerprint density at radius 3 is 2.65 bits per heavy atom. The lowest BCUT2D eigenvalue weighted by molar-refractivity contribution is -0.116. The van der Waals surface area contributed by atoms with Gasteiger partial charge in [-0.25, -0.2) is 9.97 Å². The van der Waals surface area contributed by atoms with E-state index in [1.165, 1.54) is 0 Å². The molecule has 1 heterocycles. The van der Waals surface area contributed by atoms with E-state index in [9.17, 15) is 4.79 Å². The Labute approximate surface area is 106 Å². The van der Waals surface area contributed by atoms with Gasteiger partial charge in [0.15, 0.2) is 0 Å². The molecule has 1 rings (SSSR count). The molecule has 6 heteroatoms. The second-order valence-electron chi connectivity index (χ2n) is 3.95. The van der Waals surface area contributed by atoms with Crippen molar-refractivity contribution in [3.63, 3.8) is 0 Å². The van der Waals surface area contributed by atoms with Crippen LogP contribution in [-0.2, 0) is 11.2 Å². The first-order chi connectivity index (χ1) is 7.95. The highest BCUT2D eigenvalue weighted by molar-refractivity contribution is 6.30. The molecule has 0 atom stereocenters. The Morgan fingerprint density at radius 2 is 2.12 bits per heavy atom. The van der Waals surface area contributed by atoms with Crippen molar-refractivity contribution in [2.45, 2.75) is 26.7 Å². The van der Waals surface area contributed by atoms with Crippen molar-refractivity contribution >= 4 is 23.3 Å². The van der Waals surface area contributed by atoms with Crippen molar-refractivity contribution in [3.05, 3.63) is 16.5 Å². The molecule has 0 saturated carbocycles. The van der Waals surface area contributed by atoms with Gasteiger partial charge in [0.25, 0.3) is 0 Å². The summed E-state index contributed by atoms with van der Waals surface area (Å²) < 4.78 is 0. The summed E-state index contributed by atoms with van der Waals surface area (Å²) in [5.41, 5.74) is 5.92. The van der Waals surface area contributed by atoms with E-state index >= 15 is 0 Å². The molecule has 0 fully saturated rings. The molecule has 0 aromatic carbocycles. The van der Waals surface area contributed by atoms with Gasteiger partial charge < -0.3 is 10.6 Å². The summed E-state index contributed by atoms with van der Waals surface area (Å²) in [5, 5.41) is 0.426. The highest BCUT2D eigenvalue weighted by atomic mass is 35.5. The van der Waals surface area contributed by atoms with Crippen LogP contribution in [0.3, 0.4) is 0 Å². The van der Waals surface area contributed by atoms with Crippen molar-refractivity contribution in [2.24, 2.45) is 5.73 Å². The molecule has 0 spiro atoms. The zero-order valence-corrected chi connectivity index (χ0v) is 11.1. The Morgan fingerprint density at radius 1 is 1.47 bits per heavy atom. The Hall–Kier alpha value is -1.36. The van der Waals surface area contributed by atoms with Crippen LogP contribution in [0.5, 0.6) is 0 Å². The molecule has 0 unspecified atom stereocenters. The van der Waals surface area contributed by atoms with Crippen molar-refractivity contribution < 1.29 is 4.79 Å². The third-order valence-corrected chi connectivity index (χ3v) is 2.70. The predicted molar refractivity (Wildman–Crippen MR) is 68.2 cm³/mol. The summed E-state index contributed by atoms with van der Waals surface area (Å²) in [4.78, 5) is 21.2. The maximum absolute atomic E-state index is 10.9. The number of nitrogens with zero attached hydrogens (tertiary/aromatic N) is 3. The standard InChI is InChI=1S/C11H17ClN4O/c1-4-5-9-14-10(12)7(2)11(15-9)16(3)6-8(13)17/h4-6H2,1-3H3,(H2,13,17). The average Bonchev–Trinajstić information content (AvgIpc) is 2.22. The molecule has 0 aliphatic rings. The number of likely N-dealkylation sites (N-methyl/N-ethyl adjacent to an activating group) is 1. The average molecular weight is 257 g/mol. The summed E-state index contributed by atoms with van der Waals surface area (Å²) >= 11 is 6.04. The van der Waals surface area contributed by atoms with Crippen molar-refractivity contribution in [1.82, 2.24) is 9.97 Å². The van der Waals surface area contributed by atoms with Gasteiger partial charge in [0.2, 0.25) is 5.91 Å². The number of carbonyl (C=O) groups excluding carboxylic acids is 1.